The summed E-state index contributed by atoms with van der Waals surface area (Å²) < 4.78 is 36.4. The molecule has 29 heavy (non-hydrogen) atoms. The molecule has 0 aromatic heterocycles. The highest BCUT2D eigenvalue weighted by molar-refractivity contribution is 7.88. The summed E-state index contributed by atoms with van der Waals surface area (Å²) in [7, 11) is -1.62. The quantitative estimate of drug-likeness (QED) is 0.744. The topological polar surface area (TPSA) is 84.9 Å². The lowest BCUT2D eigenvalue weighted by atomic mass is 9.91. The van der Waals surface area contributed by atoms with E-state index in [4.69, 9.17) is 9.47 Å². The molecule has 0 radical (unpaired) electrons. The van der Waals surface area contributed by atoms with E-state index in [1.807, 2.05) is 43.3 Å². The third-order valence-corrected chi connectivity index (χ3v) is 6.83. The van der Waals surface area contributed by atoms with E-state index in [0.29, 0.717) is 50.4 Å². The predicted molar refractivity (Wildman–Crippen MR) is 113 cm³/mol. The molecule has 0 bridgehead atoms. The number of benzene rings is 2. The molecule has 1 heterocycles. The molecule has 158 valence electrons. The Bertz CT molecular complexity index is 982. The number of carbonyl (C=O) groups excluding carboxylic acids is 1. The molecule has 1 N–H and O–H groups in total. The van der Waals surface area contributed by atoms with Crippen LogP contribution in [0.4, 0.5) is 0 Å². The molecule has 0 atom stereocenters. The normalized spacial score (nSPS) is 17.2. The molecule has 0 spiro atoms. The van der Waals surface area contributed by atoms with E-state index in [0.717, 1.165) is 10.8 Å². The molecule has 1 aliphatic rings. The monoisotopic (exact) mass is 420 g/mol. The van der Waals surface area contributed by atoms with Gasteiger partial charge in [-0.3, -0.25) is 4.79 Å². The van der Waals surface area contributed by atoms with Gasteiger partial charge in [0.1, 0.15) is 5.75 Å². The molecule has 8 heteroatoms. The van der Waals surface area contributed by atoms with Gasteiger partial charge < -0.3 is 14.8 Å². The molecular weight excluding hydrogens is 392 g/mol. The van der Waals surface area contributed by atoms with E-state index in [2.05, 4.69) is 5.32 Å². The fraction of sp³-hybridized carbons (Fsp3) is 0.476. The highest BCUT2D eigenvalue weighted by Gasteiger charge is 2.37. The van der Waals surface area contributed by atoms with Crippen LogP contribution in [0.15, 0.2) is 36.4 Å². The van der Waals surface area contributed by atoms with Crippen LogP contribution in [0.25, 0.3) is 10.8 Å². The van der Waals surface area contributed by atoms with Gasteiger partial charge in [0, 0.05) is 26.7 Å². The lowest BCUT2D eigenvalue weighted by Gasteiger charge is -2.40. The number of sulfonamides is 1. The fourth-order valence-electron chi connectivity index (χ4n) is 3.77. The lowest BCUT2D eigenvalue weighted by Crippen LogP contribution is -2.53. The van der Waals surface area contributed by atoms with Crippen molar-refractivity contribution in [1.82, 2.24) is 9.62 Å². The number of fused-ring (bicyclic) bond motifs is 1. The first-order valence-electron chi connectivity index (χ1n) is 9.73. The van der Waals surface area contributed by atoms with Gasteiger partial charge in [0.05, 0.1) is 24.0 Å². The maximum Gasteiger partial charge on any atom is 0.255 e. The first-order chi connectivity index (χ1) is 13.8. The molecule has 1 fully saturated rings. The van der Waals surface area contributed by atoms with Crippen LogP contribution in [0.2, 0.25) is 0 Å². The third-order valence-electron chi connectivity index (χ3n) is 5.52. The average molecular weight is 421 g/mol. The molecule has 7 nitrogen and oxygen atoms in total. The van der Waals surface area contributed by atoms with Crippen molar-refractivity contribution in [2.45, 2.75) is 25.4 Å². The Morgan fingerprint density at radius 3 is 2.48 bits per heavy atom. The second-order valence-corrected chi connectivity index (χ2v) is 9.31. The molecular formula is C21H28N2O5S. The van der Waals surface area contributed by atoms with Crippen LogP contribution in [0.5, 0.6) is 5.75 Å². The Hall–Kier alpha value is -2.16. The second kappa shape index (κ2) is 8.69. The molecule has 0 saturated carbocycles. The number of ether oxygens (including phenoxy) is 2. The number of nitrogens with one attached hydrogen (secondary N) is 1. The summed E-state index contributed by atoms with van der Waals surface area (Å²) in [6, 6.07) is 11.4. The minimum atomic E-state index is -3.22. The van der Waals surface area contributed by atoms with E-state index in [1.165, 1.54) is 10.6 Å². The Balaban J connectivity index is 1.79. The summed E-state index contributed by atoms with van der Waals surface area (Å²) in [6.45, 7) is 3.39. The number of methoxy groups -OCH3 is 1. The highest BCUT2D eigenvalue weighted by atomic mass is 32.2. The van der Waals surface area contributed by atoms with Crippen LogP contribution in [-0.2, 0) is 14.8 Å². The Morgan fingerprint density at radius 1 is 1.17 bits per heavy atom. The standard InChI is InChI=1S/C21H28N2O5S/c1-4-28-18-10-9-16-7-5-6-8-17(16)19(18)20(24)22-15-21(27-2)11-13-23(14-12-21)29(3,25)26/h5-10H,4,11-15H2,1-3H3,(H,22,24). The number of nitrogens with zero attached hydrogens (tertiary/aromatic N) is 1. The summed E-state index contributed by atoms with van der Waals surface area (Å²) in [5, 5.41) is 4.78. The van der Waals surface area contributed by atoms with Gasteiger partial charge in [0.2, 0.25) is 10.0 Å². The van der Waals surface area contributed by atoms with Crippen LogP contribution in [0, 0.1) is 0 Å². The zero-order chi connectivity index (χ0) is 21.1. The zero-order valence-electron chi connectivity index (χ0n) is 17.1. The number of hydrogen-bond donors (Lipinski definition) is 1. The summed E-state index contributed by atoms with van der Waals surface area (Å²) in [4.78, 5) is 13.1. The minimum absolute atomic E-state index is 0.229. The predicted octanol–water partition coefficient (Wildman–Crippen LogP) is 2.41. The van der Waals surface area contributed by atoms with Gasteiger partial charge in [-0.25, -0.2) is 12.7 Å². The van der Waals surface area contributed by atoms with Crippen molar-refractivity contribution >= 4 is 26.7 Å². The van der Waals surface area contributed by atoms with Gasteiger partial charge in [-0.05, 0) is 36.6 Å². The van der Waals surface area contributed by atoms with Crippen LogP contribution in [0.3, 0.4) is 0 Å². The Morgan fingerprint density at radius 2 is 1.86 bits per heavy atom. The molecule has 2 aromatic rings. The van der Waals surface area contributed by atoms with Gasteiger partial charge in [0.25, 0.3) is 5.91 Å². The first kappa shape index (κ1) is 21.5. The van der Waals surface area contributed by atoms with Crippen molar-refractivity contribution in [1.29, 1.82) is 0 Å². The van der Waals surface area contributed by atoms with E-state index >= 15 is 0 Å². The largest absolute Gasteiger partial charge is 0.493 e. The van der Waals surface area contributed by atoms with Gasteiger partial charge >= 0.3 is 0 Å². The van der Waals surface area contributed by atoms with Crippen LogP contribution < -0.4 is 10.1 Å². The number of carbonyl (C=O) groups is 1. The van der Waals surface area contributed by atoms with Crippen LogP contribution in [-0.4, -0.2) is 63.8 Å². The SMILES string of the molecule is CCOc1ccc2ccccc2c1C(=O)NCC1(OC)CCN(S(C)(=O)=O)CC1. The summed E-state index contributed by atoms with van der Waals surface area (Å²) in [5.74, 6) is 0.314. The average Bonchev–Trinajstić information content (AvgIpc) is 2.71. The smallest absolute Gasteiger partial charge is 0.255 e. The number of hydrogen-bond acceptors (Lipinski definition) is 5. The maximum atomic E-state index is 13.1. The van der Waals surface area contributed by atoms with Gasteiger partial charge in [-0.15, -0.1) is 0 Å². The zero-order valence-corrected chi connectivity index (χ0v) is 17.9. The minimum Gasteiger partial charge on any atom is -0.493 e. The van der Waals surface area contributed by atoms with Crippen LogP contribution in [0.1, 0.15) is 30.1 Å². The summed E-state index contributed by atoms with van der Waals surface area (Å²) >= 11 is 0. The van der Waals surface area contributed by atoms with E-state index in [-0.39, 0.29) is 5.91 Å². The summed E-state index contributed by atoms with van der Waals surface area (Å²) in [6.07, 6.45) is 2.25. The van der Waals surface area contributed by atoms with Crippen molar-refractivity contribution in [2.75, 3.05) is 39.6 Å². The highest BCUT2D eigenvalue weighted by Crippen LogP contribution is 2.30. The fourth-order valence-corrected chi connectivity index (χ4v) is 4.62. The van der Waals surface area contributed by atoms with Crippen molar-refractivity contribution in [3.63, 3.8) is 0 Å². The van der Waals surface area contributed by atoms with Crippen molar-refractivity contribution in [3.05, 3.63) is 42.0 Å². The third kappa shape index (κ3) is 4.71. The molecule has 0 aliphatic carbocycles. The molecule has 1 amide bonds. The van der Waals surface area contributed by atoms with Crippen LogP contribution >= 0.6 is 0 Å². The first-order valence-corrected chi connectivity index (χ1v) is 11.6. The lowest BCUT2D eigenvalue weighted by molar-refractivity contribution is -0.0424. The van der Waals surface area contributed by atoms with Crippen molar-refractivity contribution < 1.29 is 22.7 Å². The molecule has 0 unspecified atom stereocenters. The molecule has 3 rings (SSSR count). The number of amides is 1. The van der Waals surface area contributed by atoms with Crippen molar-refractivity contribution in [2.24, 2.45) is 0 Å². The Kier molecular flexibility index (Phi) is 6.45. The molecule has 1 aliphatic heterocycles. The van der Waals surface area contributed by atoms with Gasteiger partial charge in [-0.2, -0.15) is 0 Å². The molecule has 2 aromatic carbocycles. The van der Waals surface area contributed by atoms with Crippen molar-refractivity contribution in [3.8, 4) is 5.75 Å². The Labute approximate surface area is 172 Å². The van der Waals surface area contributed by atoms with E-state index < -0.39 is 15.6 Å². The second-order valence-electron chi connectivity index (χ2n) is 7.32. The van der Waals surface area contributed by atoms with Gasteiger partial charge in [-0.1, -0.05) is 30.3 Å². The maximum absolute atomic E-state index is 13.1. The number of rotatable bonds is 7. The van der Waals surface area contributed by atoms with E-state index in [9.17, 15) is 13.2 Å². The van der Waals surface area contributed by atoms with E-state index in [1.54, 1.807) is 7.11 Å². The molecule has 1 saturated heterocycles. The van der Waals surface area contributed by atoms with Gasteiger partial charge in [0.15, 0.2) is 0 Å². The number of piperidine rings is 1. The summed E-state index contributed by atoms with van der Waals surface area (Å²) in [5.41, 5.74) is -0.0856.